The Bertz CT molecular complexity index is 1010. The minimum atomic E-state index is -2.71. The standard InChI is InChI=1S/C28H40F2N4O4/c1-5-10-32-11-13-33(14-12-32)19-8-6-18(7-9-19)26(36)31-21(15-28(2,3)4)27(37)34-16-20(25(29)30)24-23(34)22(35)17-38-24/h6-9,20-21,23-25H,5,10-17H2,1-4H3,(H,31,36)/t20-,21+,23-,24-/m1/s1. The Morgan fingerprint density at radius 2 is 1.76 bits per heavy atom. The highest BCUT2D eigenvalue weighted by Crippen LogP contribution is 2.36. The fourth-order valence-corrected chi connectivity index (χ4v) is 5.77. The third-order valence-electron chi connectivity index (χ3n) is 7.66. The summed E-state index contributed by atoms with van der Waals surface area (Å²) in [6.45, 7) is 12.4. The van der Waals surface area contributed by atoms with Crippen molar-refractivity contribution in [3.8, 4) is 0 Å². The van der Waals surface area contributed by atoms with Crippen molar-refractivity contribution in [3.63, 3.8) is 0 Å². The number of nitrogens with one attached hydrogen (secondary N) is 1. The Hall–Kier alpha value is -2.59. The fraction of sp³-hybridized carbons (Fsp3) is 0.679. The van der Waals surface area contributed by atoms with Crippen molar-refractivity contribution in [1.82, 2.24) is 15.1 Å². The second-order valence-corrected chi connectivity index (χ2v) is 11.8. The first-order valence-electron chi connectivity index (χ1n) is 13.6. The van der Waals surface area contributed by atoms with Crippen molar-refractivity contribution in [1.29, 1.82) is 0 Å². The number of halogens is 2. The number of nitrogens with zero attached hydrogens (tertiary/aromatic N) is 3. The number of likely N-dealkylation sites (tertiary alicyclic amines) is 1. The number of amides is 2. The molecule has 0 spiro atoms. The van der Waals surface area contributed by atoms with Crippen molar-refractivity contribution < 1.29 is 27.9 Å². The average molecular weight is 535 g/mol. The molecule has 0 aliphatic carbocycles. The first kappa shape index (κ1) is 28.4. The maximum absolute atomic E-state index is 13.7. The molecule has 0 bridgehead atoms. The van der Waals surface area contributed by atoms with Crippen LogP contribution in [0.3, 0.4) is 0 Å². The highest BCUT2D eigenvalue weighted by atomic mass is 19.3. The molecule has 4 rings (SSSR count). The normalized spacial score (nSPS) is 25.1. The van der Waals surface area contributed by atoms with E-state index in [2.05, 4.69) is 22.0 Å². The van der Waals surface area contributed by atoms with Gasteiger partial charge < -0.3 is 19.9 Å². The molecule has 210 valence electrons. The summed E-state index contributed by atoms with van der Waals surface area (Å²) in [6, 6.07) is 5.33. The van der Waals surface area contributed by atoms with E-state index < -0.39 is 42.3 Å². The summed E-state index contributed by atoms with van der Waals surface area (Å²) in [5.74, 6) is -2.54. The molecule has 0 radical (unpaired) electrons. The third kappa shape index (κ3) is 6.34. The van der Waals surface area contributed by atoms with Crippen molar-refractivity contribution >= 4 is 23.3 Å². The maximum Gasteiger partial charge on any atom is 0.251 e. The van der Waals surface area contributed by atoms with Gasteiger partial charge in [0.25, 0.3) is 5.91 Å². The number of rotatable bonds is 8. The molecule has 4 atom stereocenters. The highest BCUT2D eigenvalue weighted by Gasteiger charge is 2.55. The Morgan fingerprint density at radius 3 is 2.34 bits per heavy atom. The van der Waals surface area contributed by atoms with E-state index >= 15 is 0 Å². The number of ketones is 1. The predicted molar refractivity (Wildman–Crippen MR) is 140 cm³/mol. The van der Waals surface area contributed by atoms with Gasteiger partial charge in [-0.05, 0) is 49.1 Å². The largest absolute Gasteiger partial charge is 0.369 e. The Morgan fingerprint density at radius 1 is 1.11 bits per heavy atom. The van der Waals surface area contributed by atoms with E-state index in [4.69, 9.17) is 4.74 Å². The summed E-state index contributed by atoms with van der Waals surface area (Å²) in [7, 11) is 0. The lowest BCUT2D eigenvalue weighted by Gasteiger charge is -2.36. The summed E-state index contributed by atoms with van der Waals surface area (Å²) in [4.78, 5) is 45.2. The van der Waals surface area contributed by atoms with Crippen molar-refractivity contribution in [2.24, 2.45) is 11.3 Å². The summed E-state index contributed by atoms with van der Waals surface area (Å²) < 4.78 is 32.7. The van der Waals surface area contributed by atoms with E-state index in [1.165, 1.54) is 4.90 Å². The topological polar surface area (TPSA) is 82.2 Å². The van der Waals surface area contributed by atoms with E-state index in [-0.39, 0.29) is 24.3 Å². The molecule has 38 heavy (non-hydrogen) atoms. The van der Waals surface area contributed by atoms with Crippen LogP contribution in [-0.2, 0) is 14.3 Å². The number of alkyl halides is 2. The van der Waals surface area contributed by atoms with Gasteiger partial charge in [0.2, 0.25) is 12.3 Å². The van der Waals surface area contributed by atoms with Gasteiger partial charge in [-0.25, -0.2) is 8.78 Å². The lowest BCUT2D eigenvalue weighted by atomic mass is 9.87. The first-order chi connectivity index (χ1) is 18.0. The number of Topliss-reactive ketones (excluding diaryl/α,β-unsaturated/α-hetero) is 1. The number of piperazine rings is 1. The van der Waals surface area contributed by atoms with Crippen LogP contribution in [0.1, 0.15) is 50.9 Å². The number of benzene rings is 1. The summed E-state index contributed by atoms with van der Waals surface area (Å²) in [5.41, 5.74) is 1.12. The monoisotopic (exact) mass is 534 g/mol. The lowest BCUT2D eigenvalue weighted by Crippen LogP contribution is -2.53. The summed E-state index contributed by atoms with van der Waals surface area (Å²) in [5, 5.41) is 2.83. The molecule has 8 nitrogen and oxygen atoms in total. The number of hydrogen-bond acceptors (Lipinski definition) is 6. The molecular formula is C28H40F2N4O4. The van der Waals surface area contributed by atoms with Crippen molar-refractivity contribution in [3.05, 3.63) is 29.8 Å². The molecule has 1 aromatic rings. The van der Waals surface area contributed by atoms with Crippen LogP contribution in [0.15, 0.2) is 24.3 Å². The molecular weight excluding hydrogens is 494 g/mol. The zero-order chi connectivity index (χ0) is 27.6. The molecule has 3 aliphatic rings. The smallest absolute Gasteiger partial charge is 0.251 e. The molecule has 0 unspecified atom stereocenters. The molecule has 10 heteroatoms. The van der Waals surface area contributed by atoms with Crippen LogP contribution >= 0.6 is 0 Å². The highest BCUT2D eigenvalue weighted by molar-refractivity contribution is 5.99. The Balaban J connectivity index is 1.45. The molecule has 0 saturated carbocycles. The quantitative estimate of drug-likeness (QED) is 0.553. The second kappa shape index (κ2) is 11.7. The zero-order valence-electron chi connectivity index (χ0n) is 22.8. The van der Waals surface area contributed by atoms with Crippen LogP contribution in [-0.4, -0.2) is 97.9 Å². The van der Waals surface area contributed by atoms with Gasteiger partial charge in [-0.2, -0.15) is 0 Å². The molecule has 1 N–H and O–H groups in total. The minimum absolute atomic E-state index is 0.270. The predicted octanol–water partition coefficient (Wildman–Crippen LogP) is 2.81. The van der Waals surface area contributed by atoms with Gasteiger partial charge >= 0.3 is 0 Å². The van der Waals surface area contributed by atoms with Crippen LogP contribution in [0.4, 0.5) is 14.5 Å². The molecule has 0 aromatic heterocycles. The molecule has 1 aromatic carbocycles. The fourth-order valence-electron chi connectivity index (χ4n) is 5.77. The van der Waals surface area contributed by atoms with Gasteiger partial charge in [0.1, 0.15) is 18.7 Å². The summed E-state index contributed by atoms with van der Waals surface area (Å²) in [6.07, 6.45) is -2.29. The van der Waals surface area contributed by atoms with Crippen LogP contribution in [0.25, 0.3) is 0 Å². The second-order valence-electron chi connectivity index (χ2n) is 11.8. The van der Waals surface area contributed by atoms with Crippen molar-refractivity contribution in [2.75, 3.05) is 50.8 Å². The average Bonchev–Trinajstić information content (AvgIpc) is 3.44. The van der Waals surface area contributed by atoms with Gasteiger partial charge in [-0.1, -0.05) is 27.7 Å². The van der Waals surface area contributed by atoms with E-state index in [0.717, 1.165) is 44.8 Å². The van der Waals surface area contributed by atoms with E-state index in [1.54, 1.807) is 12.1 Å². The number of anilines is 1. The maximum atomic E-state index is 13.7. The van der Waals surface area contributed by atoms with Crippen LogP contribution < -0.4 is 10.2 Å². The van der Waals surface area contributed by atoms with Gasteiger partial charge in [0, 0.05) is 44.0 Å². The van der Waals surface area contributed by atoms with Crippen LogP contribution in [0.5, 0.6) is 0 Å². The SMILES string of the molecule is CCCN1CCN(c2ccc(C(=O)N[C@@H](CC(C)(C)C)C(=O)N3C[C@@H](C(F)F)[C@H]4OCC(=O)[C@H]43)cc2)CC1. The van der Waals surface area contributed by atoms with E-state index in [9.17, 15) is 23.2 Å². The summed E-state index contributed by atoms with van der Waals surface area (Å²) >= 11 is 0. The van der Waals surface area contributed by atoms with E-state index in [0.29, 0.717) is 12.0 Å². The van der Waals surface area contributed by atoms with E-state index in [1.807, 2.05) is 32.9 Å². The Kier molecular flexibility index (Phi) is 8.72. The minimum Gasteiger partial charge on any atom is -0.369 e. The molecule has 3 saturated heterocycles. The first-order valence-corrected chi connectivity index (χ1v) is 13.6. The molecule has 2 amide bonds. The van der Waals surface area contributed by atoms with Gasteiger partial charge in [0.15, 0.2) is 5.78 Å². The van der Waals surface area contributed by atoms with Crippen LogP contribution in [0, 0.1) is 11.3 Å². The number of fused-ring (bicyclic) bond motifs is 1. The number of carbonyl (C=O) groups excluding carboxylic acids is 3. The molecule has 3 heterocycles. The van der Waals surface area contributed by atoms with Crippen LogP contribution in [0.2, 0.25) is 0 Å². The third-order valence-corrected chi connectivity index (χ3v) is 7.66. The van der Waals surface area contributed by atoms with Gasteiger partial charge in [-0.15, -0.1) is 0 Å². The number of ether oxygens (including phenoxy) is 1. The van der Waals surface area contributed by atoms with Gasteiger partial charge in [-0.3, -0.25) is 19.3 Å². The number of hydrogen-bond donors (Lipinski definition) is 1. The van der Waals surface area contributed by atoms with Crippen molar-refractivity contribution in [2.45, 2.75) is 65.1 Å². The molecule has 3 fully saturated rings. The lowest BCUT2D eigenvalue weighted by molar-refractivity contribution is -0.138. The van der Waals surface area contributed by atoms with Gasteiger partial charge in [0.05, 0.1) is 12.0 Å². The zero-order valence-corrected chi connectivity index (χ0v) is 22.8. The number of carbonyl (C=O) groups is 3. The molecule has 3 aliphatic heterocycles. The Labute approximate surface area is 223 Å².